The Morgan fingerprint density at radius 1 is 0.225 bits per heavy atom. The van der Waals surface area contributed by atoms with Crippen LogP contribution < -0.4 is 0 Å². The van der Waals surface area contributed by atoms with Gasteiger partial charge in [-0.2, -0.15) is 0 Å². The van der Waals surface area contributed by atoms with Gasteiger partial charge in [-0.3, -0.25) is 4.98 Å². The summed E-state index contributed by atoms with van der Waals surface area (Å²) < 4.78 is 6.55. The minimum absolute atomic E-state index is 0.862. The highest BCUT2D eigenvalue weighted by Gasteiger charge is 2.20. The van der Waals surface area contributed by atoms with Crippen LogP contribution in [-0.2, 0) is 0 Å². The van der Waals surface area contributed by atoms with E-state index in [1.165, 1.54) is 81.9 Å². The summed E-state index contributed by atoms with van der Waals surface area (Å²) in [6.07, 6.45) is 1.95. The van der Waals surface area contributed by atoms with Crippen LogP contribution in [0, 0.1) is 0 Å². The molecule has 328 valence electrons. The third-order valence-electron chi connectivity index (χ3n) is 15.0. The van der Waals surface area contributed by atoms with Crippen LogP contribution in [0.25, 0.3) is 153 Å². The lowest BCUT2D eigenvalue weighted by Crippen LogP contribution is -1.94. The van der Waals surface area contributed by atoms with Crippen LogP contribution in [0.1, 0.15) is 0 Å². The maximum atomic E-state index is 6.55. The average molecular weight is 901 g/mol. The molecule has 71 heavy (non-hydrogen) atoms. The molecule has 3 heteroatoms. The fourth-order valence-corrected chi connectivity index (χ4v) is 11.8. The quantitative estimate of drug-likeness (QED) is 0.162. The number of para-hydroxylation sites is 2. The molecule has 0 atom stereocenters. The van der Waals surface area contributed by atoms with Crippen LogP contribution in [0.15, 0.2) is 247 Å². The second-order valence-electron chi connectivity index (χ2n) is 18.6. The number of hydrogen-bond donors (Lipinski definition) is 0. The molecule has 2 heterocycles. The van der Waals surface area contributed by atoms with Crippen LogP contribution >= 0.6 is 0 Å². The van der Waals surface area contributed by atoms with E-state index >= 15 is 0 Å². The van der Waals surface area contributed by atoms with Gasteiger partial charge in [-0.1, -0.05) is 231 Å². The lowest BCUT2D eigenvalue weighted by molar-refractivity contribution is 0.670. The summed E-state index contributed by atoms with van der Waals surface area (Å²) >= 11 is 0. The Morgan fingerprint density at radius 3 is 1.00 bits per heavy atom. The van der Waals surface area contributed by atoms with Crippen LogP contribution in [0.3, 0.4) is 0 Å². The molecular formula is C68H40N2O. The van der Waals surface area contributed by atoms with Gasteiger partial charge in [0.05, 0.1) is 22.9 Å². The van der Waals surface area contributed by atoms with Crippen LogP contribution in [0.4, 0.5) is 0 Å². The molecule has 0 saturated carbocycles. The molecular weight excluding hydrogens is 861 g/mol. The number of fused-ring (bicyclic) bond motifs is 13. The topological polar surface area (TPSA) is 38.9 Å². The zero-order valence-electron chi connectivity index (χ0n) is 38.4. The first-order valence-corrected chi connectivity index (χ1v) is 24.3. The average Bonchev–Trinajstić information content (AvgIpc) is 3.83. The van der Waals surface area contributed by atoms with Crippen molar-refractivity contribution in [3.63, 3.8) is 0 Å². The van der Waals surface area contributed by atoms with E-state index in [9.17, 15) is 0 Å². The van der Waals surface area contributed by atoms with E-state index in [1.807, 2.05) is 12.3 Å². The van der Waals surface area contributed by atoms with E-state index in [2.05, 4.69) is 231 Å². The van der Waals surface area contributed by atoms with Crippen molar-refractivity contribution in [1.29, 1.82) is 0 Å². The molecule has 0 aliphatic rings. The van der Waals surface area contributed by atoms with E-state index in [-0.39, 0.29) is 0 Å². The van der Waals surface area contributed by atoms with Crippen LogP contribution in [0.5, 0.6) is 0 Å². The first-order chi connectivity index (χ1) is 35.2. The summed E-state index contributed by atoms with van der Waals surface area (Å²) in [7, 11) is 0. The lowest BCUT2D eigenvalue weighted by Gasteiger charge is -2.18. The summed E-state index contributed by atoms with van der Waals surface area (Å²) in [5, 5.41) is 16.5. The van der Waals surface area contributed by atoms with Gasteiger partial charge < -0.3 is 4.42 Å². The van der Waals surface area contributed by atoms with Gasteiger partial charge in [0.25, 0.3) is 0 Å². The molecule has 0 N–H and O–H groups in total. The SMILES string of the molecule is c1ccc2c(c1)oc1c(-c3ccc(-c4ccc(-c5ccc(-c6ccc(-c7cnc8c9ccccc9c9ccccc9c8n7)c7ccccc67)c6ccccc56)c5ccccc45)c4ccccc34)cccc12. The number of aromatic nitrogens is 2. The second kappa shape index (κ2) is 15.5. The molecule has 0 bridgehead atoms. The Labute approximate surface area is 408 Å². The third-order valence-corrected chi connectivity index (χ3v) is 15.0. The third kappa shape index (κ3) is 5.97. The van der Waals surface area contributed by atoms with Gasteiger partial charge in [0, 0.05) is 32.7 Å². The zero-order valence-corrected chi connectivity index (χ0v) is 38.4. The van der Waals surface area contributed by atoms with Gasteiger partial charge in [-0.25, -0.2) is 4.98 Å². The molecule has 0 amide bonds. The van der Waals surface area contributed by atoms with Crippen LogP contribution in [0.2, 0.25) is 0 Å². The maximum absolute atomic E-state index is 6.55. The van der Waals surface area contributed by atoms with Gasteiger partial charge in [-0.15, -0.1) is 0 Å². The Kier molecular flexibility index (Phi) is 8.66. The minimum Gasteiger partial charge on any atom is -0.455 e. The summed E-state index contributed by atoms with van der Waals surface area (Å²) in [5.74, 6) is 0. The van der Waals surface area contributed by atoms with E-state index in [4.69, 9.17) is 14.4 Å². The lowest BCUT2D eigenvalue weighted by atomic mass is 9.85. The predicted molar refractivity (Wildman–Crippen MR) is 299 cm³/mol. The van der Waals surface area contributed by atoms with Crippen molar-refractivity contribution in [2.24, 2.45) is 0 Å². The first kappa shape index (κ1) is 39.5. The second-order valence-corrected chi connectivity index (χ2v) is 18.6. The largest absolute Gasteiger partial charge is 0.455 e. The summed E-state index contributed by atoms with van der Waals surface area (Å²) in [6, 6.07) is 85.6. The normalized spacial score (nSPS) is 11.9. The highest BCUT2D eigenvalue weighted by molar-refractivity contribution is 6.24. The number of furan rings is 1. The number of benzene rings is 13. The van der Waals surface area contributed by atoms with E-state index in [0.29, 0.717) is 0 Å². The zero-order chi connectivity index (χ0) is 46.6. The van der Waals surface area contributed by atoms with Crippen LogP contribution in [-0.4, -0.2) is 9.97 Å². The van der Waals surface area contributed by atoms with E-state index in [0.717, 1.165) is 71.5 Å². The molecule has 0 aliphatic heterocycles. The molecule has 0 unspecified atom stereocenters. The van der Waals surface area contributed by atoms with Crippen molar-refractivity contribution in [1.82, 2.24) is 9.97 Å². The monoisotopic (exact) mass is 900 g/mol. The van der Waals surface area contributed by atoms with Crippen molar-refractivity contribution in [3.8, 4) is 55.8 Å². The minimum atomic E-state index is 0.862. The van der Waals surface area contributed by atoms with Gasteiger partial charge in [0.2, 0.25) is 0 Å². The van der Waals surface area contributed by atoms with Gasteiger partial charge >= 0.3 is 0 Å². The van der Waals surface area contributed by atoms with Gasteiger partial charge in [-0.05, 0) is 98.9 Å². The molecule has 2 aromatic heterocycles. The van der Waals surface area contributed by atoms with Gasteiger partial charge in [0.15, 0.2) is 0 Å². The Hall–Kier alpha value is -9.44. The highest BCUT2D eigenvalue weighted by Crippen LogP contribution is 2.46. The number of rotatable bonds is 5. The number of nitrogens with zero attached hydrogens (tertiary/aromatic N) is 2. The van der Waals surface area contributed by atoms with Crippen molar-refractivity contribution in [3.05, 3.63) is 243 Å². The summed E-state index contributed by atoms with van der Waals surface area (Å²) in [4.78, 5) is 10.5. The number of hydrogen-bond acceptors (Lipinski definition) is 3. The van der Waals surface area contributed by atoms with Gasteiger partial charge in [0.1, 0.15) is 11.2 Å². The van der Waals surface area contributed by atoms with Crippen molar-refractivity contribution >= 4 is 97.6 Å². The molecule has 0 aliphatic carbocycles. The molecule has 0 fully saturated rings. The Bertz CT molecular complexity index is 4680. The molecule has 3 nitrogen and oxygen atoms in total. The maximum Gasteiger partial charge on any atom is 0.143 e. The molecule has 15 aromatic rings. The Balaban J connectivity index is 0.855. The molecule has 0 saturated heterocycles. The van der Waals surface area contributed by atoms with E-state index < -0.39 is 0 Å². The Morgan fingerprint density at radius 2 is 0.549 bits per heavy atom. The van der Waals surface area contributed by atoms with E-state index in [1.54, 1.807) is 0 Å². The first-order valence-electron chi connectivity index (χ1n) is 24.3. The molecule has 15 rings (SSSR count). The summed E-state index contributed by atoms with van der Waals surface area (Å²) in [6.45, 7) is 0. The van der Waals surface area contributed by atoms with Crippen molar-refractivity contribution in [2.75, 3.05) is 0 Å². The van der Waals surface area contributed by atoms with Crippen molar-refractivity contribution < 1.29 is 4.42 Å². The smallest absolute Gasteiger partial charge is 0.143 e. The molecule has 0 spiro atoms. The summed E-state index contributed by atoms with van der Waals surface area (Å²) in [5.41, 5.74) is 15.1. The van der Waals surface area contributed by atoms with Crippen molar-refractivity contribution in [2.45, 2.75) is 0 Å². The fourth-order valence-electron chi connectivity index (χ4n) is 11.8. The standard InChI is InChI=1S/C68H40N2O/c1-2-17-42-41(16-1)51(32-33-53(42)55-36-37-57(46-21-6-5-20-45(46)55)62-29-15-30-63-59-26-13-14-31-65(59)71-68(62)63)52-34-35-54(44-19-4-3-18-43(44)52)56-38-39-58(48-23-8-7-22-47(48)56)64-40-69-66-60-27-11-9-24-49(60)50-25-10-12-28-61(50)67(66)70-64/h1-40H. The molecule has 0 radical (unpaired) electrons. The predicted octanol–water partition coefficient (Wildman–Crippen LogP) is 18.8. The fraction of sp³-hybridized carbons (Fsp3) is 0. The highest BCUT2D eigenvalue weighted by atomic mass is 16.3. The molecule has 13 aromatic carbocycles.